The number of carbonyl (C=O) groups is 3. The normalized spacial score (nSPS) is 11.8. The minimum Gasteiger partial charge on any atom is -0.466 e. The van der Waals surface area contributed by atoms with Gasteiger partial charge in [0, 0.05) is 12.8 Å². The van der Waals surface area contributed by atoms with Crippen molar-refractivity contribution in [1.29, 1.82) is 0 Å². The molecule has 338 valence electrons. The molecule has 0 saturated heterocycles. The highest BCUT2D eigenvalue weighted by atomic mass is 16.5. The zero-order valence-electron chi connectivity index (χ0n) is 38.7. The van der Waals surface area contributed by atoms with E-state index >= 15 is 0 Å². The SMILES string of the molecule is CCCCCCCCCCCCCCCCCC(=O)N[C@@H](CCC(=O)OCCCCCCCCCCCCCC)C(=O)OCCCCCCCCCCCCCC. The molecule has 0 radical (unpaired) electrons. The molecule has 6 heteroatoms. The van der Waals surface area contributed by atoms with Crippen LogP contribution < -0.4 is 5.32 Å². The smallest absolute Gasteiger partial charge is 0.328 e. The summed E-state index contributed by atoms with van der Waals surface area (Å²) in [7, 11) is 0. The average molecular weight is 806 g/mol. The van der Waals surface area contributed by atoms with Gasteiger partial charge in [0.1, 0.15) is 6.04 Å². The van der Waals surface area contributed by atoms with Crippen LogP contribution in [0.1, 0.15) is 290 Å². The van der Waals surface area contributed by atoms with Crippen LogP contribution in [0.3, 0.4) is 0 Å². The van der Waals surface area contributed by atoms with Gasteiger partial charge in [0.25, 0.3) is 0 Å². The van der Waals surface area contributed by atoms with Crippen LogP contribution in [-0.2, 0) is 23.9 Å². The van der Waals surface area contributed by atoms with Crippen molar-refractivity contribution in [3.63, 3.8) is 0 Å². The molecule has 57 heavy (non-hydrogen) atoms. The summed E-state index contributed by atoms with van der Waals surface area (Å²) < 4.78 is 11.1. The monoisotopic (exact) mass is 806 g/mol. The molecule has 0 aromatic heterocycles. The zero-order valence-corrected chi connectivity index (χ0v) is 38.7. The summed E-state index contributed by atoms with van der Waals surface area (Å²) in [6.07, 6.45) is 50.2. The first-order valence-corrected chi connectivity index (χ1v) is 25.7. The van der Waals surface area contributed by atoms with Crippen molar-refractivity contribution in [2.24, 2.45) is 0 Å². The van der Waals surface area contributed by atoms with E-state index in [9.17, 15) is 14.4 Å². The topological polar surface area (TPSA) is 81.7 Å². The van der Waals surface area contributed by atoms with Crippen LogP contribution >= 0.6 is 0 Å². The molecule has 1 N–H and O–H groups in total. The molecule has 0 aliphatic carbocycles. The third kappa shape index (κ3) is 43.8. The lowest BCUT2D eigenvalue weighted by Gasteiger charge is -2.18. The molecule has 0 aromatic carbocycles. The summed E-state index contributed by atoms with van der Waals surface area (Å²) >= 11 is 0. The van der Waals surface area contributed by atoms with Gasteiger partial charge >= 0.3 is 11.9 Å². The Morgan fingerprint density at radius 3 is 0.965 bits per heavy atom. The van der Waals surface area contributed by atoms with Gasteiger partial charge in [0.05, 0.1) is 13.2 Å². The van der Waals surface area contributed by atoms with Crippen molar-refractivity contribution < 1.29 is 23.9 Å². The lowest BCUT2D eigenvalue weighted by Crippen LogP contribution is -2.42. The summed E-state index contributed by atoms with van der Waals surface area (Å²) in [5.74, 6) is -0.841. The third-order valence-corrected chi connectivity index (χ3v) is 11.8. The van der Waals surface area contributed by atoms with Crippen LogP contribution in [-0.4, -0.2) is 37.1 Å². The number of hydrogen-bond donors (Lipinski definition) is 1. The van der Waals surface area contributed by atoms with Crippen molar-refractivity contribution in [3.8, 4) is 0 Å². The van der Waals surface area contributed by atoms with Crippen LogP contribution in [0.15, 0.2) is 0 Å². The largest absolute Gasteiger partial charge is 0.466 e. The van der Waals surface area contributed by atoms with Gasteiger partial charge < -0.3 is 14.8 Å². The molecule has 0 aliphatic rings. The van der Waals surface area contributed by atoms with Crippen molar-refractivity contribution in [2.45, 2.75) is 296 Å². The number of nitrogens with one attached hydrogen (secondary N) is 1. The van der Waals surface area contributed by atoms with Crippen LogP contribution in [0.4, 0.5) is 0 Å². The first kappa shape index (κ1) is 55.4. The first-order chi connectivity index (χ1) is 28.0. The fourth-order valence-corrected chi connectivity index (χ4v) is 7.85. The molecule has 0 bridgehead atoms. The van der Waals surface area contributed by atoms with E-state index in [-0.39, 0.29) is 24.7 Å². The van der Waals surface area contributed by atoms with Crippen LogP contribution in [0.2, 0.25) is 0 Å². The summed E-state index contributed by atoms with van der Waals surface area (Å²) in [6, 6.07) is -0.801. The Balaban J connectivity index is 4.32. The van der Waals surface area contributed by atoms with E-state index in [1.54, 1.807) is 0 Å². The van der Waals surface area contributed by atoms with E-state index in [1.165, 1.54) is 199 Å². The first-order valence-electron chi connectivity index (χ1n) is 25.7. The molecule has 0 rings (SSSR count). The van der Waals surface area contributed by atoms with Gasteiger partial charge in [-0.2, -0.15) is 0 Å². The van der Waals surface area contributed by atoms with Gasteiger partial charge in [-0.05, 0) is 25.7 Å². The minimum absolute atomic E-state index is 0.107. The molecule has 0 aliphatic heterocycles. The summed E-state index contributed by atoms with van der Waals surface area (Å²) in [5, 5.41) is 2.91. The molecular formula is C51H99NO5. The zero-order chi connectivity index (χ0) is 41.5. The van der Waals surface area contributed by atoms with Crippen LogP contribution in [0.25, 0.3) is 0 Å². The molecule has 0 unspecified atom stereocenters. The number of hydrogen-bond acceptors (Lipinski definition) is 5. The summed E-state index contributed by atoms with van der Waals surface area (Å²) in [5.41, 5.74) is 0. The second-order valence-corrected chi connectivity index (χ2v) is 17.5. The predicted octanol–water partition coefficient (Wildman–Crippen LogP) is 16.0. The van der Waals surface area contributed by atoms with E-state index in [0.717, 1.165) is 51.4 Å². The Bertz CT molecular complexity index is 847. The Labute approximate surface area is 355 Å². The van der Waals surface area contributed by atoms with Gasteiger partial charge in [-0.1, -0.05) is 252 Å². The number of amides is 1. The number of ether oxygens (including phenoxy) is 2. The molecule has 0 heterocycles. The van der Waals surface area contributed by atoms with E-state index in [2.05, 4.69) is 26.1 Å². The predicted molar refractivity (Wildman–Crippen MR) is 245 cm³/mol. The maximum Gasteiger partial charge on any atom is 0.328 e. The van der Waals surface area contributed by atoms with Crippen molar-refractivity contribution in [3.05, 3.63) is 0 Å². The van der Waals surface area contributed by atoms with E-state index in [1.807, 2.05) is 0 Å². The Kier molecular flexibility index (Phi) is 45.8. The molecule has 0 fully saturated rings. The molecular weight excluding hydrogens is 707 g/mol. The summed E-state index contributed by atoms with van der Waals surface area (Å²) in [6.45, 7) is 7.60. The molecule has 1 amide bonds. The number of unbranched alkanes of at least 4 members (excludes halogenated alkanes) is 36. The molecule has 0 aromatic rings. The van der Waals surface area contributed by atoms with Gasteiger partial charge in [-0.3, -0.25) is 9.59 Å². The second-order valence-electron chi connectivity index (χ2n) is 17.5. The fourth-order valence-electron chi connectivity index (χ4n) is 7.85. The lowest BCUT2D eigenvalue weighted by molar-refractivity contribution is -0.149. The van der Waals surface area contributed by atoms with Gasteiger partial charge in [-0.25, -0.2) is 4.79 Å². The second kappa shape index (κ2) is 47.1. The highest BCUT2D eigenvalue weighted by molar-refractivity contribution is 5.85. The molecule has 0 saturated carbocycles. The fraction of sp³-hybridized carbons (Fsp3) is 0.941. The van der Waals surface area contributed by atoms with Crippen LogP contribution in [0.5, 0.6) is 0 Å². The van der Waals surface area contributed by atoms with E-state index in [4.69, 9.17) is 9.47 Å². The summed E-state index contributed by atoms with van der Waals surface area (Å²) in [4.78, 5) is 38.6. The highest BCUT2D eigenvalue weighted by Gasteiger charge is 2.23. The van der Waals surface area contributed by atoms with E-state index < -0.39 is 12.0 Å². The van der Waals surface area contributed by atoms with Gasteiger partial charge in [0.2, 0.25) is 5.91 Å². The van der Waals surface area contributed by atoms with Crippen molar-refractivity contribution in [1.82, 2.24) is 5.32 Å². The molecule has 6 nitrogen and oxygen atoms in total. The minimum atomic E-state index is -0.801. The van der Waals surface area contributed by atoms with Crippen molar-refractivity contribution >= 4 is 17.8 Å². The molecule has 0 spiro atoms. The van der Waals surface area contributed by atoms with Crippen molar-refractivity contribution in [2.75, 3.05) is 13.2 Å². The number of rotatable bonds is 47. The van der Waals surface area contributed by atoms with E-state index in [0.29, 0.717) is 19.6 Å². The average Bonchev–Trinajstić information content (AvgIpc) is 3.21. The highest BCUT2D eigenvalue weighted by Crippen LogP contribution is 2.16. The Morgan fingerprint density at radius 1 is 0.351 bits per heavy atom. The Hall–Kier alpha value is -1.59. The quantitative estimate of drug-likeness (QED) is 0.0489. The number of esters is 2. The third-order valence-electron chi connectivity index (χ3n) is 11.8. The maximum atomic E-state index is 13.1. The standard InChI is InChI=1S/C51H99NO5/c1-4-7-10-13-16-19-22-25-26-27-28-31-34-37-40-43-49(53)52-48(51(55)57-47-42-39-36-33-30-24-21-18-15-12-9-6-3)44-45-50(54)56-46-41-38-35-32-29-23-20-17-14-11-8-5-2/h48H,4-47H2,1-3H3,(H,52,53)/t48-/m0/s1. The van der Waals surface area contributed by atoms with Gasteiger partial charge in [0.15, 0.2) is 0 Å². The number of carbonyl (C=O) groups excluding carboxylic acids is 3. The maximum absolute atomic E-state index is 13.1. The van der Waals surface area contributed by atoms with Crippen LogP contribution in [0, 0.1) is 0 Å². The molecule has 1 atom stereocenters. The van der Waals surface area contributed by atoms with Gasteiger partial charge in [-0.15, -0.1) is 0 Å². The Morgan fingerprint density at radius 2 is 0.632 bits per heavy atom. The lowest BCUT2D eigenvalue weighted by atomic mass is 10.0.